The van der Waals surface area contributed by atoms with E-state index < -0.39 is 0 Å². The van der Waals surface area contributed by atoms with Crippen LogP contribution in [0.1, 0.15) is 29.0 Å². The number of halogens is 1. The summed E-state index contributed by atoms with van der Waals surface area (Å²) in [5, 5.41) is 4.28. The molecule has 2 aromatic carbocycles. The van der Waals surface area contributed by atoms with E-state index in [-0.39, 0.29) is 12.1 Å². The van der Waals surface area contributed by atoms with Gasteiger partial charge in [-0.05, 0) is 60.2 Å². The Balaban J connectivity index is 1.61. The Hall–Kier alpha value is -2.96. The number of nitrogens with zero attached hydrogens (tertiary/aromatic N) is 3. The molecule has 4 aromatic rings. The maximum absolute atomic E-state index is 5.82. The third-order valence-corrected chi connectivity index (χ3v) is 6.41. The van der Waals surface area contributed by atoms with Crippen molar-refractivity contribution in [2.45, 2.75) is 18.6 Å². The molecule has 1 fully saturated rings. The van der Waals surface area contributed by atoms with Crippen molar-refractivity contribution in [2.75, 3.05) is 0 Å². The Morgan fingerprint density at radius 2 is 1.77 bits per heavy atom. The second-order valence-electron chi connectivity index (χ2n) is 7.52. The van der Waals surface area contributed by atoms with Crippen LogP contribution >= 0.6 is 28.1 Å². The zero-order chi connectivity index (χ0) is 21.2. The summed E-state index contributed by atoms with van der Waals surface area (Å²) in [4.78, 5) is 6.92. The molecule has 154 valence electrons. The first-order valence-electron chi connectivity index (χ1n) is 10.2. The van der Waals surface area contributed by atoms with Crippen LogP contribution < -0.4 is 5.32 Å². The van der Waals surface area contributed by atoms with E-state index in [9.17, 15) is 0 Å². The highest BCUT2D eigenvalue weighted by molar-refractivity contribution is 9.10. The highest BCUT2D eigenvalue weighted by Crippen LogP contribution is 2.40. The molecule has 1 aliphatic rings. The predicted molar refractivity (Wildman–Crippen MR) is 131 cm³/mol. The van der Waals surface area contributed by atoms with Gasteiger partial charge < -0.3 is 14.8 Å². The number of thiocarbonyl (C=S) groups is 1. The van der Waals surface area contributed by atoms with E-state index in [1.54, 1.807) is 0 Å². The molecule has 1 saturated heterocycles. The van der Waals surface area contributed by atoms with Crippen LogP contribution in [0, 0.1) is 0 Å². The van der Waals surface area contributed by atoms with Gasteiger partial charge in [0.1, 0.15) is 0 Å². The fraction of sp³-hybridized carbons (Fsp3) is 0.120. The number of hydrogen-bond donors (Lipinski definition) is 1. The maximum Gasteiger partial charge on any atom is 0.170 e. The van der Waals surface area contributed by atoms with E-state index in [1.807, 2.05) is 30.5 Å². The number of pyridine rings is 1. The first-order chi connectivity index (χ1) is 15.2. The molecule has 3 heterocycles. The van der Waals surface area contributed by atoms with Crippen molar-refractivity contribution in [3.05, 3.63) is 119 Å². The molecular formula is C25H21BrN4S. The van der Waals surface area contributed by atoms with Crippen molar-refractivity contribution >= 4 is 33.3 Å². The predicted octanol–water partition coefficient (Wildman–Crippen LogP) is 5.81. The number of hydrogen-bond acceptors (Lipinski definition) is 2. The molecule has 0 unspecified atom stereocenters. The second kappa shape index (κ2) is 8.65. The maximum atomic E-state index is 5.82. The lowest BCUT2D eigenvalue weighted by Crippen LogP contribution is -2.30. The largest absolute Gasteiger partial charge is 0.352 e. The molecule has 4 nitrogen and oxygen atoms in total. The zero-order valence-corrected chi connectivity index (χ0v) is 19.1. The van der Waals surface area contributed by atoms with E-state index >= 15 is 0 Å². The van der Waals surface area contributed by atoms with Crippen molar-refractivity contribution < 1.29 is 0 Å². The summed E-state index contributed by atoms with van der Waals surface area (Å²) in [5.74, 6) is 0. The molecule has 0 saturated carbocycles. The average Bonchev–Trinajstić information content (AvgIpc) is 3.40. The molecule has 6 heteroatoms. The van der Waals surface area contributed by atoms with Gasteiger partial charge in [-0.3, -0.25) is 4.98 Å². The Morgan fingerprint density at radius 1 is 0.935 bits per heavy atom. The van der Waals surface area contributed by atoms with E-state index in [0.29, 0.717) is 0 Å². The van der Waals surface area contributed by atoms with Crippen LogP contribution in [-0.4, -0.2) is 19.6 Å². The number of benzene rings is 2. The minimum Gasteiger partial charge on any atom is -0.352 e. The smallest absolute Gasteiger partial charge is 0.170 e. The lowest BCUT2D eigenvalue weighted by atomic mass is 10.0. The summed E-state index contributed by atoms with van der Waals surface area (Å²) in [6.07, 6.45) is 3.94. The van der Waals surface area contributed by atoms with Gasteiger partial charge in [0.15, 0.2) is 5.11 Å². The van der Waals surface area contributed by atoms with E-state index in [4.69, 9.17) is 12.2 Å². The van der Waals surface area contributed by atoms with E-state index in [2.05, 4.69) is 103 Å². The van der Waals surface area contributed by atoms with Gasteiger partial charge in [0.25, 0.3) is 0 Å². The quantitative estimate of drug-likeness (QED) is 0.359. The SMILES string of the molecule is S=C1N[C@H](c2ccccn2)[C@@H](c2cccn2-c2cccc(Br)c2)N1Cc1ccccc1. The standard InChI is InChI=1S/C25H21BrN4S/c26-19-10-6-11-20(16-19)29-15-7-13-22(29)24-23(21-12-4-5-14-27-21)28-25(31)30(24)17-18-8-2-1-3-9-18/h1-16,23-24H,17H2,(H,28,31)/t23-,24-/m1/s1. The summed E-state index contributed by atoms with van der Waals surface area (Å²) in [6.45, 7) is 0.727. The molecule has 5 rings (SSSR count). The molecule has 2 atom stereocenters. The van der Waals surface area contributed by atoms with Gasteiger partial charge in [0.05, 0.1) is 17.8 Å². The van der Waals surface area contributed by atoms with Gasteiger partial charge in [0.2, 0.25) is 0 Å². The van der Waals surface area contributed by atoms with Gasteiger partial charge in [-0.2, -0.15) is 0 Å². The van der Waals surface area contributed by atoms with Crippen molar-refractivity contribution in [1.29, 1.82) is 0 Å². The van der Waals surface area contributed by atoms with E-state index in [0.717, 1.165) is 33.2 Å². The van der Waals surface area contributed by atoms with Gasteiger partial charge in [-0.15, -0.1) is 0 Å². The normalized spacial score (nSPS) is 18.2. The fourth-order valence-corrected chi connectivity index (χ4v) is 4.87. The summed E-state index contributed by atoms with van der Waals surface area (Å²) in [5.41, 5.74) is 4.47. The van der Waals surface area contributed by atoms with E-state index in [1.165, 1.54) is 5.56 Å². The van der Waals surface area contributed by atoms with Crippen LogP contribution in [0.4, 0.5) is 0 Å². The Labute approximate surface area is 195 Å². The molecule has 0 radical (unpaired) electrons. The molecule has 1 aliphatic heterocycles. The van der Waals surface area contributed by atoms with Crippen molar-refractivity contribution in [2.24, 2.45) is 0 Å². The summed E-state index contributed by atoms with van der Waals surface area (Å²) >= 11 is 9.42. The van der Waals surface area contributed by atoms with Crippen molar-refractivity contribution in [3.63, 3.8) is 0 Å². The molecule has 0 spiro atoms. The van der Waals surface area contributed by atoms with Gasteiger partial charge >= 0.3 is 0 Å². The molecule has 0 amide bonds. The van der Waals surface area contributed by atoms with Gasteiger partial charge in [0, 0.05) is 34.8 Å². The van der Waals surface area contributed by atoms with Crippen LogP contribution in [0.15, 0.2) is 102 Å². The first kappa shape index (κ1) is 20.0. The number of nitrogens with one attached hydrogen (secondary N) is 1. The van der Waals surface area contributed by atoms with Crippen LogP contribution in [0.2, 0.25) is 0 Å². The summed E-state index contributed by atoms with van der Waals surface area (Å²) in [6, 6.07) is 29.0. The highest BCUT2D eigenvalue weighted by Gasteiger charge is 2.41. The summed E-state index contributed by atoms with van der Waals surface area (Å²) < 4.78 is 3.28. The third-order valence-electron chi connectivity index (χ3n) is 5.56. The minimum absolute atomic E-state index is 0.00316. The Kier molecular flexibility index (Phi) is 5.57. The Bertz CT molecular complexity index is 1190. The lowest BCUT2D eigenvalue weighted by Gasteiger charge is -2.29. The molecule has 2 aromatic heterocycles. The third kappa shape index (κ3) is 4.01. The topological polar surface area (TPSA) is 33.1 Å². The molecule has 31 heavy (non-hydrogen) atoms. The summed E-state index contributed by atoms with van der Waals surface area (Å²) in [7, 11) is 0. The molecular weight excluding hydrogens is 468 g/mol. The second-order valence-corrected chi connectivity index (χ2v) is 8.83. The van der Waals surface area contributed by atoms with Gasteiger partial charge in [-0.1, -0.05) is 58.4 Å². The van der Waals surface area contributed by atoms with Crippen LogP contribution in [0.25, 0.3) is 5.69 Å². The fourth-order valence-electron chi connectivity index (χ4n) is 4.17. The van der Waals surface area contributed by atoms with Crippen LogP contribution in [-0.2, 0) is 6.54 Å². The highest BCUT2D eigenvalue weighted by atomic mass is 79.9. The van der Waals surface area contributed by atoms with Crippen molar-refractivity contribution in [1.82, 2.24) is 19.8 Å². The molecule has 1 N–H and O–H groups in total. The molecule has 0 aliphatic carbocycles. The minimum atomic E-state index is -0.0433. The lowest BCUT2D eigenvalue weighted by molar-refractivity contribution is 0.302. The number of aromatic nitrogens is 2. The van der Waals surface area contributed by atoms with Crippen LogP contribution in [0.3, 0.4) is 0 Å². The monoisotopic (exact) mass is 488 g/mol. The molecule has 0 bridgehead atoms. The Morgan fingerprint density at radius 3 is 2.55 bits per heavy atom. The van der Waals surface area contributed by atoms with Crippen LogP contribution in [0.5, 0.6) is 0 Å². The van der Waals surface area contributed by atoms with Crippen molar-refractivity contribution in [3.8, 4) is 5.69 Å². The van der Waals surface area contributed by atoms with Gasteiger partial charge in [-0.25, -0.2) is 0 Å². The average molecular weight is 489 g/mol. The first-order valence-corrected chi connectivity index (χ1v) is 11.4. The zero-order valence-electron chi connectivity index (χ0n) is 16.7. The number of rotatable bonds is 5.